The lowest BCUT2D eigenvalue weighted by molar-refractivity contribution is -0.286. The fourth-order valence-corrected chi connectivity index (χ4v) is 3.05. The van der Waals surface area contributed by atoms with Crippen molar-refractivity contribution in [1.82, 2.24) is 0 Å². The third kappa shape index (κ3) is 3.56. The van der Waals surface area contributed by atoms with Crippen LogP contribution in [0.2, 0.25) is 0 Å². The molecule has 0 amide bonds. The summed E-state index contributed by atoms with van der Waals surface area (Å²) >= 11 is 0. The fourth-order valence-electron chi connectivity index (χ4n) is 3.05. The molecule has 1 heterocycles. The Kier molecular flexibility index (Phi) is 4.18. The predicted molar refractivity (Wildman–Crippen MR) is 93.8 cm³/mol. The van der Waals surface area contributed by atoms with Crippen LogP contribution in [0.15, 0.2) is 60.7 Å². The number of ether oxygens (including phenoxy) is 3. The molecule has 1 aliphatic heterocycles. The van der Waals surface area contributed by atoms with Crippen molar-refractivity contribution in [3.8, 4) is 28.4 Å². The van der Waals surface area contributed by atoms with Crippen LogP contribution in [-0.2, 0) is 6.42 Å². The van der Waals surface area contributed by atoms with Crippen molar-refractivity contribution in [2.75, 3.05) is 7.11 Å². The third-order valence-electron chi connectivity index (χ3n) is 4.30. The van der Waals surface area contributed by atoms with E-state index in [4.69, 9.17) is 4.74 Å². The van der Waals surface area contributed by atoms with Crippen molar-refractivity contribution >= 4 is 0 Å². The Labute approximate surface area is 153 Å². The number of hydrogen-bond acceptors (Lipinski definition) is 3. The number of alkyl halides is 2. The van der Waals surface area contributed by atoms with Crippen LogP contribution < -0.4 is 14.2 Å². The van der Waals surface area contributed by atoms with Crippen molar-refractivity contribution < 1.29 is 27.4 Å². The standard InChI is InChI=1S/C21H15F3O3/c1-25-18-8-4-14(10-13-2-6-16(22)7-3-13)11-17(18)15-5-9-19-20(12-15)27-21(23,24)26-19/h2-9,11-12H,10H2,1H3. The normalized spacial score (nSPS) is 14.2. The summed E-state index contributed by atoms with van der Waals surface area (Å²) in [6.07, 6.45) is -3.06. The molecule has 3 aromatic carbocycles. The molecule has 138 valence electrons. The highest BCUT2D eigenvalue weighted by Gasteiger charge is 2.43. The van der Waals surface area contributed by atoms with Gasteiger partial charge in [-0.1, -0.05) is 24.3 Å². The first-order chi connectivity index (χ1) is 12.9. The minimum absolute atomic E-state index is 0.00909. The van der Waals surface area contributed by atoms with Gasteiger partial charge in [-0.3, -0.25) is 0 Å². The minimum Gasteiger partial charge on any atom is -0.496 e. The largest absolute Gasteiger partial charge is 0.586 e. The lowest BCUT2D eigenvalue weighted by atomic mass is 9.98. The monoisotopic (exact) mass is 372 g/mol. The Balaban J connectivity index is 1.69. The predicted octanol–water partition coefficient (Wildman–Crippen LogP) is 5.41. The molecule has 1 aliphatic rings. The van der Waals surface area contributed by atoms with Gasteiger partial charge in [0.2, 0.25) is 0 Å². The molecule has 6 heteroatoms. The highest BCUT2D eigenvalue weighted by Crippen LogP contribution is 2.44. The van der Waals surface area contributed by atoms with Crippen molar-refractivity contribution in [1.29, 1.82) is 0 Å². The van der Waals surface area contributed by atoms with Crippen LogP contribution in [0.5, 0.6) is 17.2 Å². The molecule has 0 spiro atoms. The van der Waals surface area contributed by atoms with E-state index in [1.165, 1.54) is 24.3 Å². The van der Waals surface area contributed by atoms with Gasteiger partial charge in [-0.2, -0.15) is 0 Å². The summed E-state index contributed by atoms with van der Waals surface area (Å²) in [6, 6.07) is 16.5. The van der Waals surface area contributed by atoms with Crippen LogP contribution in [0.3, 0.4) is 0 Å². The number of hydrogen-bond donors (Lipinski definition) is 0. The molecule has 4 rings (SSSR count). The Morgan fingerprint density at radius 3 is 2.30 bits per heavy atom. The van der Waals surface area contributed by atoms with Crippen LogP contribution in [0.4, 0.5) is 13.2 Å². The summed E-state index contributed by atoms with van der Waals surface area (Å²) in [4.78, 5) is 0. The van der Waals surface area contributed by atoms with Crippen LogP contribution in [0.25, 0.3) is 11.1 Å². The first-order valence-electron chi connectivity index (χ1n) is 8.25. The maximum Gasteiger partial charge on any atom is 0.586 e. The molecular weight excluding hydrogens is 357 g/mol. The van der Waals surface area contributed by atoms with E-state index < -0.39 is 6.29 Å². The highest BCUT2D eigenvalue weighted by atomic mass is 19.3. The molecular formula is C21H15F3O3. The molecule has 0 radical (unpaired) electrons. The zero-order valence-corrected chi connectivity index (χ0v) is 14.3. The zero-order chi connectivity index (χ0) is 19.0. The molecule has 0 aliphatic carbocycles. The molecule has 0 saturated heterocycles. The van der Waals surface area contributed by atoms with Gasteiger partial charge in [0.15, 0.2) is 11.5 Å². The van der Waals surface area contributed by atoms with Crippen LogP contribution in [-0.4, -0.2) is 13.4 Å². The van der Waals surface area contributed by atoms with Gasteiger partial charge in [0.1, 0.15) is 11.6 Å². The Morgan fingerprint density at radius 2 is 1.56 bits per heavy atom. The van der Waals surface area contributed by atoms with Crippen molar-refractivity contribution in [3.05, 3.63) is 77.6 Å². The molecule has 0 bridgehead atoms. The van der Waals surface area contributed by atoms with Gasteiger partial charge < -0.3 is 14.2 Å². The van der Waals surface area contributed by atoms with E-state index in [-0.39, 0.29) is 17.3 Å². The van der Waals surface area contributed by atoms with E-state index in [0.717, 1.165) is 16.7 Å². The Morgan fingerprint density at radius 1 is 0.852 bits per heavy atom. The van der Waals surface area contributed by atoms with E-state index in [0.29, 0.717) is 17.7 Å². The summed E-state index contributed by atoms with van der Waals surface area (Å²) in [5, 5.41) is 0. The average Bonchev–Trinajstić information content (AvgIpc) is 2.96. The van der Waals surface area contributed by atoms with Crippen LogP contribution in [0, 0.1) is 5.82 Å². The topological polar surface area (TPSA) is 27.7 Å². The Bertz CT molecular complexity index is 984. The molecule has 3 nitrogen and oxygen atoms in total. The first-order valence-corrected chi connectivity index (χ1v) is 8.25. The fraction of sp³-hybridized carbons (Fsp3) is 0.143. The summed E-state index contributed by atoms with van der Waals surface area (Å²) in [7, 11) is 1.54. The summed E-state index contributed by atoms with van der Waals surface area (Å²) in [6.45, 7) is 0. The van der Waals surface area contributed by atoms with Crippen molar-refractivity contribution in [2.24, 2.45) is 0 Å². The first kappa shape index (κ1) is 17.3. The van der Waals surface area contributed by atoms with Gasteiger partial charge in [0, 0.05) is 5.56 Å². The van der Waals surface area contributed by atoms with Crippen molar-refractivity contribution in [2.45, 2.75) is 12.7 Å². The van der Waals surface area contributed by atoms with Crippen LogP contribution in [0.1, 0.15) is 11.1 Å². The Hall–Kier alpha value is -3.15. The number of halogens is 3. The minimum atomic E-state index is -3.66. The smallest absolute Gasteiger partial charge is 0.496 e. The van der Waals surface area contributed by atoms with Gasteiger partial charge in [0.25, 0.3) is 0 Å². The van der Waals surface area contributed by atoms with Gasteiger partial charge in [-0.15, -0.1) is 8.78 Å². The molecule has 0 fully saturated rings. The zero-order valence-electron chi connectivity index (χ0n) is 14.3. The number of fused-ring (bicyclic) bond motifs is 1. The van der Waals surface area contributed by atoms with Crippen molar-refractivity contribution in [3.63, 3.8) is 0 Å². The average molecular weight is 372 g/mol. The maximum absolute atomic E-state index is 13.3. The van der Waals surface area contributed by atoms with E-state index in [1.54, 1.807) is 25.3 Å². The summed E-state index contributed by atoms with van der Waals surface area (Å²) in [5.41, 5.74) is 3.32. The quantitative estimate of drug-likeness (QED) is 0.613. The van der Waals surface area contributed by atoms with E-state index >= 15 is 0 Å². The van der Waals surface area contributed by atoms with E-state index in [2.05, 4.69) is 9.47 Å². The molecule has 3 aromatic rings. The second-order valence-electron chi connectivity index (χ2n) is 6.17. The van der Waals surface area contributed by atoms with E-state index in [9.17, 15) is 13.2 Å². The lowest BCUT2D eigenvalue weighted by Crippen LogP contribution is -2.25. The molecule has 0 atom stereocenters. The van der Waals surface area contributed by atoms with Gasteiger partial charge in [-0.25, -0.2) is 4.39 Å². The lowest BCUT2D eigenvalue weighted by Gasteiger charge is -2.12. The van der Waals surface area contributed by atoms with Crippen LogP contribution >= 0.6 is 0 Å². The molecule has 27 heavy (non-hydrogen) atoms. The number of benzene rings is 3. The van der Waals surface area contributed by atoms with Gasteiger partial charge in [-0.05, 0) is 59.5 Å². The number of methoxy groups -OCH3 is 1. The van der Waals surface area contributed by atoms with Gasteiger partial charge in [0.05, 0.1) is 7.11 Å². The third-order valence-corrected chi connectivity index (χ3v) is 4.30. The molecule has 0 aromatic heterocycles. The van der Waals surface area contributed by atoms with E-state index in [1.807, 2.05) is 18.2 Å². The molecule has 0 saturated carbocycles. The SMILES string of the molecule is COc1ccc(Cc2ccc(F)cc2)cc1-c1ccc2c(c1)OC(F)(F)O2. The second-order valence-corrected chi connectivity index (χ2v) is 6.17. The second kappa shape index (κ2) is 6.54. The highest BCUT2D eigenvalue weighted by molar-refractivity contribution is 5.74. The summed E-state index contributed by atoms with van der Waals surface area (Å²) < 4.78 is 54.0. The summed E-state index contributed by atoms with van der Waals surface area (Å²) in [5.74, 6) is 0.281. The maximum atomic E-state index is 13.3. The van der Waals surface area contributed by atoms with Gasteiger partial charge >= 0.3 is 6.29 Å². The number of rotatable bonds is 4. The molecule has 0 unspecified atom stereocenters. The molecule has 0 N–H and O–H groups in total.